The summed E-state index contributed by atoms with van der Waals surface area (Å²) in [6.07, 6.45) is 2.82. The molecule has 1 aromatic carbocycles. The van der Waals surface area contributed by atoms with Crippen LogP contribution in [0.4, 0.5) is 0 Å². The van der Waals surface area contributed by atoms with Crippen LogP contribution in [-0.2, 0) is 6.42 Å². The van der Waals surface area contributed by atoms with Crippen LogP contribution in [0.5, 0.6) is 0 Å². The van der Waals surface area contributed by atoms with Crippen LogP contribution < -0.4 is 5.32 Å². The first-order chi connectivity index (χ1) is 9.38. The third-order valence-corrected chi connectivity index (χ3v) is 4.29. The maximum atomic E-state index is 4.56. The topological polar surface area (TPSA) is 24.9 Å². The van der Waals surface area contributed by atoms with Crippen molar-refractivity contribution in [1.82, 2.24) is 10.3 Å². The van der Waals surface area contributed by atoms with Crippen LogP contribution in [0.25, 0.3) is 10.1 Å². The van der Waals surface area contributed by atoms with Crippen LogP contribution in [0.2, 0.25) is 0 Å². The van der Waals surface area contributed by atoms with Gasteiger partial charge in [0.1, 0.15) is 0 Å². The van der Waals surface area contributed by atoms with Gasteiger partial charge in [-0.15, -0.1) is 11.3 Å². The Hall–Kier alpha value is -1.71. The summed E-state index contributed by atoms with van der Waals surface area (Å²) in [5.41, 5.74) is 2.47. The van der Waals surface area contributed by atoms with E-state index < -0.39 is 0 Å². The van der Waals surface area contributed by atoms with Crippen molar-refractivity contribution in [2.75, 3.05) is 7.05 Å². The maximum absolute atomic E-state index is 4.56. The average Bonchev–Trinajstić information content (AvgIpc) is 2.95. The van der Waals surface area contributed by atoms with Crippen LogP contribution in [0.15, 0.2) is 54.0 Å². The molecule has 0 saturated heterocycles. The fraction of sp³-hybridized carbons (Fsp3) is 0.188. The Morgan fingerprint density at radius 2 is 2.00 bits per heavy atom. The molecule has 96 valence electrons. The Morgan fingerprint density at radius 3 is 2.79 bits per heavy atom. The molecule has 19 heavy (non-hydrogen) atoms. The summed E-state index contributed by atoms with van der Waals surface area (Å²) in [4.78, 5) is 4.56. The van der Waals surface area contributed by atoms with E-state index >= 15 is 0 Å². The highest BCUT2D eigenvalue weighted by Crippen LogP contribution is 2.26. The van der Waals surface area contributed by atoms with E-state index in [1.165, 1.54) is 21.3 Å². The van der Waals surface area contributed by atoms with Crippen molar-refractivity contribution in [2.45, 2.75) is 12.5 Å². The number of rotatable bonds is 4. The van der Waals surface area contributed by atoms with Crippen LogP contribution in [-0.4, -0.2) is 12.0 Å². The fourth-order valence-corrected chi connectivity index (χ4v) is 3.18. The van der Waals surface area contributed by atoms with Gasteiger partial charge in [-0.25, -0.2) is 0 Å². The smallest absolute Gasteiger partial charge is 0.0509 e. The van der Waals surface area contributed by atoms with Crippen molar-refractivity contribution in [3.63, 3.8) is 0 Å². The van der Waals surface area contributed by atoms with E-state index in [2.05, 4.69) is 52.1 Å². The second kappa shape index (κ2) is 5.51. The van der Waals surface area contributed by atoms with Crippen molar-refractivity contribution in [2.24, 2.45) is 0 Å². The minimum atomic E-state index is 0.305. The maximum Gasteiger partial charge on any atom is 0.0509 e. The van der Waals surface area contributed by atoms with Gasteiger partial charge in [-0.1, -0.05) is 30.3 Å². The van der Waals surface area contributed by atoms with Gasteiger partial charge in [0.05, 0.1) is 5.69 Å². The van der Waals surface area contributed by atoms with Gasteiger partial charge >= 0.3 is 0 Å². The number of aromatic nitrogens is 1. The first kappa shape index (κ1) is 12.3. The second-order valence-corrected chi connectivity index (χ2v) is 5.49. The largest absolute Gasteiger partial charge is 0.313 e. The summed E-state index contributed by atoms with van der Waals surface area (Å²) in [5.74, 6) is 0. The number of nitrogens with one attached hydrogen (secondary N) is 1. The molecule has 0 radical (unpaired) electrons. The van der Waals surface area contributed by atoms with E-state index in [1.54, 1.807) is 11.3 Å². The molecular formula is C16H16N2S. The summed E-state index contributed by atoms with van der Waals surface area (Å²) in [6.45, 7) is 0. The van der Waals surface area contributed by atoms with E-state index in [4.69, 9.17) is 0 Å². The number of nitrogens with zero attached hydrogens (tertiary/aromatic N) is 1. The summed E-state index contributed by atoms with van der Waals surface area (Å²) in [5, 5.41) is 6.80. The van der Waals surface area contributed by atoms with E-state index in [0.29, 0.717) is 6.04 Å². The minimum Gasteiger partial charge on any atom is -0.313 e. The van der Waals surface area contributed by atoms with Gasteiger partial charge in [0.15, 0.2) is 0 Å². The van der Waals surface area contributed by atoms with Crippen molar-refractivity contribution in [3.05, 3.63) is 65.3 Å². The van der Waals surface area contributed by atoms with Crippen LogP contribution >= 0.6 is 11.3 Å². The molecule has 3 rings (SSSR count). The Kier molecular flexibility index (Phi) is 3.58. The molecule has 2 heterocycles. The highest BCUT2D eigenvalue weighted by atomic mass is 32.1. The Bertz CT molecular complexity index is 661. The molecule has 0 amide bonds. The first-order valence-corrected chi connectivity index (χ1v) is 7.30. The number of fused-ring (bicyclic) bond motifs is 1. The molecule has 2 nitrogen and oxygen atoms in total. The van der Waals surface area contributed by atoms with Gasteiger partial charge in [-0.2, -0.15) is 0 Å². The van der Waals surface area contributed by atoms with Gasteiger partial charge in [-0.3, -0.25) is 4.98 Å². The standard InChI is InChI=1S/C16H16N2S/c1-17-14(12-5-3-2-4-6-12)11-15-13-8-10-19-16(13)7-9-18-15/h2-10,14,17H,11H2,1H3. The lowest BCUT2D eigenvalue weighted by Gasteiger charge is -2.16. The summed E-state index contributed by atoms with van der Waals surface area (Å²) in [7, 11) is 2.01. The molecule has 1 atom stereocenters. The average molecular weight is 268 g/mol. The van der Waals surface area contributed by atoms with Crippen LogP contribution in [0.1, 0.15) is 17.3 Å². The van der Waals surface area contributed by atoms with E-state index in [1.807, 2.05) is 19.3 Å². The van der Waals surface area contributed by atoms with Gasteiger partial charge in [0.2, 0.25) is 0 Å². The van der Waals surface area contributed by atoms with Gasteiger partial charge in [-0.05, 0) is 30.1 Å². The molecule has 0 fully saturated rings. The molecule has 0 bridgehead atoms. The molecule has 1 N–H and O–H groups in total. The van der Waals surface area contributed by atoms with Gasteiger partial charge in [0, 0.05) is 28.7 Å². The molecule has 0 aliphatic heterocycles. The summed E-state index contributed by atoms with van der Waals surface area (Å²) < 4.78 is 1.31. The number of hydrogen-bond donors (Lipinski definition) is 1. The lowest BCUT2D eigenvalue weighted by molar-refractivity contribution is 0.587. The molecule has 3 aromatic rings. The highest BCUT2D eigenvalue weighted by Gasteiger charge is 2.12. The quantitative estimate of drug-likeness (QED) is 0.778. The normalized spacial score (nSPS) is 12.7. The number of thiophene rings is 1. The monoisotopic (exact) mass is 268 g/mol. The molecule has 1 unspecified atom stereocenters. The molecule has 2 aromatic heterocycles. The molecule has 0 saturated carbocycles. The van der Waals surface area contributed by atoms with Gasteiger partial charge in [0.25, 0.3) is 0 Å². The van der Waals surface area contributed by atoms with Crippen LogP contribution in [0.3, 0.4) is 0 Å². The van der Waals surface area contributed by atoms with Crippen molar-refractivity contribution < 1.29 is 0 Å². The van der Waals surface area contributed by atoms with E-state index in [0.717, 1.165) is 6.42 Å². The van der Waals surface area contributed by atoms with Crippen molar-refractivity contribution >= 4 is 21.4 Å². The molecule has 0 aliphatic carbocycles. The zero-order valence-corrected chi connectivity index (χ0v) is 11.7. The SMILES string of the molecule is CNC(Cc1nccc2sccc12)c1ccccc1. The van der Waals surface area contributed by atoms with E-state index in [9.17, 15) is 0 Å². The molecule has 0 spiro atoms. The second-order valence-electron chi connectivity index (χ2n) is 4.55. The van der Waals surface area contributed by atoms with Crippen molar-refractivity contribution in [3.8, 4) is 0 Å². The number of benzene rings is 1. The Morgan fingerprint density at radius 1 is 1.16 bits per heavy atom. The zero-order valence-electron chi connectivity index (χ0n) is 10.8. The zero-order chi connectivity index (χ0) is 13.1. The lowest BCUT2D eigenvalue weighted by atomic mass is 10.0. The van der Waals surface area contributed by atoms with Crippen molar-refractivity contribution in [1.29, 1.82) is 0 Å². The first-order valence-electron chi connectivity index (χ1n) is 6.42. The Labute approximate surface area is 117 Å². The number of hydrogen-bond acceptors (Lipinski definition) is 3. The molecule has 0 aliphatic rings. The van der Waals surface area contributed by atoms with E-state index in [-0.39, 0.29) is 0 Å². The van der Waals surface area contributed by atoms with Gasteiger partial charge < -0.3 is 5.32 Å². The predicted octanol–water partition coefficient (Wildman–Crippen LogP) is 3.80. The minimum absolute atomic E-state index is 0.305. The third-order valence-electron chi connectivity index (χ3n) is 3.41. The molecular weight excluding hydrogens is 252 g/mol. The fourth-order valence-electron chi connectivity index (χ4n) is 2.38. The summed E-state index contributed by atoms with van der Waals surface area (Å²) in [6, 6.07) is 15.1. The predicted molar refractivity (Wildman–Crippen MR) is 81.6 cm³/mol. The highest BCUT2D eigenvalue weighted by molar-refractivity contribution is 7.17. The number of likely N-dealkylation sites (N-methyl/N-ethyl adjacent to an activating group) is 1. The number of pyridine rings is 1. The molecule has 3 heteroatoms. The Balaban J connectivity index is 1.93. The van der Waals surface area contributed by atoms with Crippen LogP contribution in [0, 0.1) is 0 Å². The lowest BCUT2D eigenvalue weighted by Crippen LogP contribution is -2.19. The third kappa shape index (κ3) is 2.53. The summed E-state index contributed by atoms with van der Waals surface area (Å²) >= 11 is 1.77.